The van der Waals surface area contributed by atoms with Crippen molar-refractivity contribution >= 4 is 44.7 Å². The quantitative estimate of drug-likeness (QED) is 0.193. The number of hydrogen-bond acceptors (Lipinski definition) is 7. The summed E-state index contributed by atoms with van der Waals surface area (Å²) in [4.78, 5) is 31.8. The van der Waals surface area contributed by atoms with Crippen molar-refractivity contribution in [2.45, 2.75) is 58.8 Å². The van der Waals surface area contributed by atoms with Gasteiger partial charge < -0.3 is 14.4 Å². The number of amides is 1. The molecule has 5 rings (SSSR count). The Bertz CT molecular complexity index is 1360. The number of ether oxygens (including phenoxy) is 2. The zero-order valence-corrected chi connectivity index (χ0v) is 25.7. The van der Waals surface area contributed by atoms with Gasteiger partial charge in [0.2, 0.25) is 5.91 Å². The number of esters is 1. The summed E-state index contributed by atoms with van der Waals surface area (Å²) in [6.07, 6.45) is 2.76. The molecule has 1 amide bonds. The van der Waals surface area contributed by atoms with Gasteiger partial charge in [-0.3, -0.25) is 19.4 Å². The SMILES string of the molecule is CC(C)CC(=O)OCN1C(=O)CC(C)(C)c2ccc(OCCCCN3CCN(c4cccc5sccc45)CC3)cc21. The second-order valence-electron chi connectivity index (χ2n) is 12.3. The average Bonchev–Trinajstić information content (AvgIpc) is 3.41. The first-order chi connectivity index (χ1) is 19.7. The molecule has 0 bridgehead atoms. The molecule has 0 N–H and O–H groups in total. The van der Waals surface area contributed by atoms with E-state index >= 15 is 0 Å². The van der Waals surface area contributed by atoms with Crippen LogP contribution in [0.1, 0.15) is 58.9 Å². The van der Waals surface area contributed by atoms with E-state index in [1.54, 1.807) is 4.90 Å². The molecule has 7 nitrogen and oxygen atoms in total. The molecule has 0 aliphatic carbocycles. The minimum atomic E-state index is -0.288. The summed E-state index contributed by atoms with van der Waals surface area (Å²) in [5.41, 5.74) is 2.92. The molecule has 0 atom stereocenters. The summed E-state index contributed by atoms with van der Waals surface area (Å²) < 4.78 is 12.9. The van der Waals surface area contributed by atoms with Gasteiger partial charge in [-0.05, 0) is 60.5 Å². The maximum atomic E-state index is 13.0. The lowest BCUT2D eigenvalue weighted by atomic mass is 9.77. The van der Waals surface area contributed by atoms with Gasteiger partial charge in [0.05, 0.1) is 12.3 Å². The van der Waals surface area contributed by atoms with Crippen LogP contribution in [0.3, 0.4) is 0 Å². The van der Waals surface area contributed by atoms with Gasteiger partial charge in [0.25, 0.3) is 0 Å². The second-order valence-corrected chi connectivity index (χ2v) is 13.2. The Morgan fingerprint density at radius 1 is 1.02 bits per heavy atom. The van der Waals surface area contributed by atoms with Crippen LogP contribution in [0.15, 0.2) is 47.8 Å². The van der Waals surface area contributed by atoms with Crippen molar-refractivity contribution in [3.8, 4) is 5.75 Å². The number of anilines is 2. The molecule has 0 unspecified atom stereocenters. The van der Waals surface area contributed by atoms with Crippen LogP contribution in [-0.4, -0.2) is 62.8 Å². The monoisotopic (exact) mass is 577 g/mol. The van der Waals surface area contributed by atoms with Crippen molar-refractivity contribution < 1.29 is 19.1 Å². The Kier molecular flexibility index (Phi) is 9.19. The highest BCUT2D eigenvalue weighted by molar-refractivity contribution is 7.17. The topological polar surface area (TPSA) is 62.3 Å². The zero-order valence-electron chi connectivity index (χ0n) is 24.9. The Morgan fingerprint density at radius 3 is 2.61 bits per heavy atom. The first-order valence-electron chi connectivity index (χ1n) is 14.9. The van der Waals surface area contributed by atoms with Gasteiger partial charge in [-0.15, -0.1) is 11.3 Å². The Balaban J connectivity index is 1.09. The van der Waals surface area contributed by atoms with Crippen LogP contribution in [0.5, 0.6) is 5.75 Å². The van der Waals surface area contributed by atoms with Crippen LogP contribution in [0, 0.1) is 5.92 Å². The van der Waals surface area contributed by atoms with Crippen molar-refractivity contribution in [1.82, 2.24) is 4.90 Å². The molecular formula is C33H43N3O4S. The number of unbranched alkanes of at least 4 members (excludes halogenated alkanes) is 1. The highest BCUT2D eigenvalue weighted by Crippen LogP contribution is 2.42. The number of carbonyl (C=O) groups is 2. The van der Waals surface area contributed by atoms with Crippen LogP contribution in [-0.2, 0) is 19.7 Å². The lowest BCUT2D eigenvalue weighted by molar-refractivity contribution is -0.145. The third-order valence-corrected chi connectivity index (χ3v) is 9.02. The lowest BCUT2D eigenvalue weighted by Crippen LogP contribution is -2.46. The van der Waals surface area contributed by atoms with Gasteiger partial charge in [-0.2, -0.15) is 0 Å². The molecule has 3 heterocycles. The number of fused-ring (bicyclic) bond motifs is 2. The normalized spacial score (nSPS) is 17.2. The van der Waals surface area contributed by atoms with E-state index < -0.39 is 0 Å². The van der Waals surface area contributed by atoms with Gasteiger partial charge in [0.15, 0.2) is 6.73 Å². The van der Waals surface area contributed by atoms with Crippen molar-refractivity contribution in [1.29, 1.82) is 0 Å². The molecule has 220 valence electrons. The molecule has 1 saturated heterocycles. The minimum absolute atomic E-state index is 0.0379. The van der Waals surface area contributed by atoms with E-state index in [2.05, 4.69) is 59.4 Å². The second kappa shape index (κ2) is 12.8. The molecule has 2 aliphatic heterocycles. The van der Waals surface area contributed by atoms with E-state index in [1.165, 1.54) is 15.8 Å². The van der Waals surface area contributed by atoms with E-state index in [0.717, 1.165) is 62.6 Å². The number of rotatable bonds is 11. The third kappa shape index (κ3) is 7.04. The van der Waals surface area contributed by atoms with Crippen LogP contribution in [0.2, 0.25) is 0 Å². The maximum absolute atomic E-state index is 13.0. The summed E-state index contributed by atoms with van der Waals surface area (Å²) >= 11 is 1.81. The fourth-order valence-electron chi connectivity index (χ4n) is 5.86. The smallest absolute Gasteiger partial charge is 0.307 e. The number of benzene rings is 2. The molecular weight excluding hydrogens is 534 g/mol. The molecule has 2 aliphatic rings. The molecule has 3 aromatic rings. The number of thiophene rings is 1. The van der Waals surface area contributed by atoms with Gasteiger partial charge in [-0.1, -0.05) is 39.8 Å². The Morgan fingerprint density at radius 2 is 1.83 bits per heavy atom. The fourth-order valence-corrected chi connectivity index (χ4v) is 6.67. The summed E-state index contributed by atoms with van der Waals surface area (Å²) in [5.74, 6) is 0.628. The summed E-state index contributed by atoms with van der Waals surface area (Å²) in [6.45, 7) is 14.0. The van der Waals surface area contributed by atoms with Crippen molar-refractivity contribution in [3.05, 3.63) is 53.4 Å². The lowest BCUT2D eigenvalue weighted by Gasteiger charge is -2.38. The van der Waals surface area contributed by atoms with E-state index in [0.29, 0.717) is 19.4 Å². The summed E-state index contributed by atoms with van der Waals surface area (Å²) in [7, 11) is 0. The first kappa shape index (κ1) is 29.4. The minimum Gasteiger partial charge on any atom is -0.494 e. The predicted molar refractivity (Wildman–Crippen MR) is 167 cm³/mol. The van der Waals surface area contributed by atoms with E-state index in [9.17, 15) is 9.59 Å². The van der Waals surface area contributed by atoms with Crippen LogP contribution in [0.4, 0.5) is 11.4 Å². The van der Waals surface area contributed by atoms with Crippen LogP contribution >= 0.6 is 11.3 Å². The number of carbonyl (C=O) groups excluding carboxylic acids is 2. The van der Waals surface area contributed by atoms with Gasteiger partial charge in [0, 0.05) is 66.3 Å². The highest BCUT2D eigenvalue weighted by Gasteiger charge is 2.37. The van der Waals surface area contributed by atoms with Gasteiger partial charge >= 0.3 is 5.97 Å². The molecule has 2 aromatic carbocycles. The summed E-state index contributed by atoms with van der Waals surface area (Å²) in [5, 5.41) is 3.55. The van der Waals surface area contributed by atoms with E-state index in [4.69, 9.17) is 9.47 Å². The molecule has 1 fully saturated rings. The van der Waals surface area contributed by atoms with Crippen molar-refractivity contribution in [3.63, 3.8) is 0 Å². The third-order valence-electron chi connectivity index (χ3n) is 8.14. The summed E-state index contributed by atoms with van der Waals surface area (Å²) in [6, 6.07) is 14.8. The fraction of sp³-hybridized carbons (Fsp3) is 0.515. The Labute approximate surface area is 248 Å². The standard InChI is InChI=1S/C33H43N3O4S/c1-24(2)20-32(38)40-23-36-29-21-25(10-11-27(29)33(3,4)22-31(36)37)39-18-6-5-13-34-14-16-35(17-15-34)28-8-7-9-30-26(28)12-19-41-30/h7-12,19,21,24H,5-6,13-18,20,22-23H2,1-4H3. The van der Waals surface area contributed by atoms with E-state index in [1.807, 2.05) is 37.3 Å². The number of piperazine rings is 1. The Hall–Kier alpha value is -3.10. The molecule has 0 saturated carbocycles. The van der Waals surface area contributed by atoms with E-state index in [-0.39, 0.29) is 29.9 Å². The first-order valence-corrected chi connectivity index (χ1v) is 15.8. The van der Waals surface area contributed by atoms with Gasteiger partial charge in [0.1, 0.15) is 5.75 Å². The number of nitrogens with zero attached hydrogens (tertiary/aromatic N) is 3. The average molecular weight is 578 g/mol. The van der Waals surface area contributed by atoms with Crippen molar-refractivity contribution in [2.75, 3.05) is 55.9 Å². The molecule has 41 heavy (non-hydrogen) atoms. The van der Waals surface area contributed by atoms with Crippen LogP contribution in [0.25, 0.3) is 10.1 Å². The molecule has 0 spiro atoms. The predicted octanol–water partition coefficient (Wildman–Crippen LogP) is 6.44. The number of hydrogen-bond donors (Lipinski definition) is 0. The highest BCUT2D eigenvalue weighted by atomic mass is 32.1. The molecule has 0 radical (unpaired) electrons. The molecule has 1 aromatic heterocycles. The molecule has 8 heteroatoms. The van der Waals surface area contributed by atoms with Gasteiger partial charge in [-0.25, -0.2) is 0 Å². The largest absolute Gasteiger partial charge is 0.494 e. The maximum Gasteiger partial charge on any atom is 0.307 e. The van der Waals surface area contributed by atoms with Crippen LogP contribution < -0.4 is 14.5 Å². The zero-order chi connectivity index (χ0) is 29.0. The van der Waals surface area contributed by atoms with Crippen molar-refractivity contribution in [2.24, 2.45) is 5.92 Å².